The van der Waals surface area contributed by atoms with Crippen molar-refractivity contribution in [1.82, 2.24) is 19.6 Å². The van der Waals surface area contributed by atoms with E-state index in [2.05, 4.69) is 9.80 Å². The number of aliphatic hydroxyl groups excluding tert-OH is 2. The average Bonchev–Trinajstić information content (AvgIpc) is 3.25. The van der Waals surface area contributed by atoms with Gasteiger partial charge in [-0.15, -0.1) is 0 Å². The van der Waals surface area contributed by atoms with Crippen LogP contribution in [-0.2, 0) is 26.1 Å². The van der Waals surface area contributed by atoms with E-state index in [4.69, 9.17) is 9.47 Å². The Morgan fingerprint density at radius 2 is 0.909 bits per heavy atom. The zero-order chi connectivity index (χ0) is 47.2. The normalized spacial score (nSPS) is 22.1. The summed E-state index contributed by atoms with van der Waals surface area (Å²) < 4.78 is 117. The molecule has 4 aromatic rings. The van der Waals surface area contributed by atoms with Crippen LogP contribution in [0.4, 0.5) is 35.1 Å². The van der Waals surface area contributed by atoms with E-state index in [-0.39, 0.29) is 50.5 Å². The lowest BCUT2D eigenvalue weighted by Crippen LogP contribution is -2.49. The molecule has 0 saturated carbocycles. The van der Waals surface area contributed by atoms with Crippen molar-refractivity contribution in [3.8, 4) is 11.5 Å². The predicted octanol–water partition coefficient (Wildman–Crippen LogP) is 8.71. The molecule has 360 valence electrons. The fourth-order valence-electron chi connectivity index (χ4n) is 9.78. The summed E-state index contributed by atoms with van der Waals surface area (Å²) in [5.41, 5.74) is 6.67. The highest BCUT2D eigenvalue weighted by atomic mass is 19.4. The topological polar surface area (TPSA) is 71.9 Å². The third kappa shape index (κ3) is 12.6. The molecular weight excluding hydrogens is 873 g/mol. The molecule has 4 aliphatic rings. The van der Waals surface area contributed by atoms with Crippen LogP contribution in [-0.4, -0.2) is 133 Å². The lowest BCUT2D eigenvalue weighted by Gasteiger charge is -2.42. The number of rotatable bonds is 16. The molecule has 4 atom stereocenters. The van der Waals surface area contributed by atoms with Gasteiger partial charge in [0.25, 0.3) is 0 Å². The summed E-state index contributed by atoms with van der Waals surface area (Å²) in [5, 5.41) is 19.0. The van der Waals surface area contributed by atoms with Crippen molar-refractivity contribution >= 4 is 0 Å². The maximum atomic E-state index is 13.4. The number of likely N-dealkylation sites (tertiary alicyclic amines) is 2. The van der Waals surface area contributed by atoms with E-state index < -0.39 is 37.5 Å². The van der Waals surface area contributed by atoms with Crippen LogP contribution in [0.1, 0.15) is 70.4 Å². The molecule has 2 fully saturated rings. The zero-order valence-electron chi connectivity index (χ0n) is 37.4. The Labute approximate surface area is 381 Å². The highest BCUT2D eigenvalue weighted by Gasteiger charge is 2.42. The van der Waals surface area contributed by atoms with Crippen molar-refractivity contribution in [2.24, 2.45) is 11.8 Å². The highest BCUT2D eigenvalue weighted by molar-refractivity contribution is 5.45. The highest BCUT2D eigenvalue weighted by Crippen LogP contribution is 2.42. The summed E-state index contributed by atoms with van der Waals surface area (Å²) in [4.78, 5) is 7.27. The van der Waals surface area contributed by atoms with Crippen molar-refractivity contribution in [1.29, 1.82) is 0 Å². The van der Waals surface area contributed by atoms with E-state index >= 15 is 0 Å². The van der Waals surface area contributed by atoms with Gasteiger partial charge in [0.1, 0.15) is 24.7 Å². The first-order valence-electron chi connectivity index (χ1n) is 22.7. The lowest BCUT2D eigenvalue weighted by atomic mass is 9.84. The number of halogens is 8. The van der Waals surface area contributed by atoms with Gasteiger partial charge in [-0.05, 0) is 95.5 Å². The van der Waals surface area contributed by atoms with Crippen molar-refractivity contribution < 1.29 is 54.8 Å². The molecule has 0 radical (unpaired) electrons. The number of benzene rings is 4. The minimum atomic E-state index is -4.31. The lowest BCUT2D eigenvalue weighted by molar-refractivity contribution is -0.156. The summed E-state index contributed by atoms with van der Waals surface area (Å²) in [6.07, 6.45) is -7.63. The van der Waals surface area contributed by atoms with Gasteiger partial charge in [-0.2, -0.15) is 26.3 Å². The molecule has 0 aliphatic carbocycles. The molecule has 0 unspecified atom stereocenters. The first-order valence-corrected chi connectivity index (χ1v) is 22.7. The second-order valence-electron chi connectivity index (χ2n) is 18.3. The molecule has 0 amide bonds. The van der Waals surface area contributed by atoms with Crippen LogP contribution in [0, 0.1) is 11.8 Å². The van der Waals surface area contributed by atoms with Crippen LogP contribution in [0.3, 0.4) is 0 Å². The van der Waals surface area contributed by atoms with Crippen LogP contribution in [0.2, 0.25) is 0 Å². The van der Waals surface area contributed by atoms with Crippen molar-refractivity contribution in [3.63, 3.8) is 0 Å². The Morgan fingerprint density at radius 1 is 0.545 bits per heavy atom. The number of nitrogens with zero attached hydrogens (tertiary/aromatic N) is 4. The summed E-state index contributed by atoms with van der Waals surface area (Å²) >= 11 is 0. The minimum Gasteiger partial charge on any atom is -0.492 e. The maximum Gasteiger partial charge on any atom is 0.401 e. The molecule has 8 rings (SSSR count). The average molecular weight is 933 g/mol. The molecule has 2 N–H and O–H groups in total. The molecular formula is C50H60F8N4O4. The van der Waals surface area contributed by atoms with Crippen LogP contribution >= 0.6 is 0 Å². The van der Waals surface area contributed by atoms with E-state index in [1.54, 1.807) is 36.4 Å². The quantitative estimate of drug-likeness (QED) is 0.108. The summed E-state index contributed by atoms with van der Waals surface area (Å²) in [6.45, 7) is 6.29. The fourth-order valence-corrected chi connectivity index (χ4v) is 9.78. The number of hydrogen-bond acceptors (Lipinski definition) is 8. The summed E-state index contributed by atoms with van der Waals surface area (Å²) in [6, 6.07) is 23.8. The molecule has 4 heterocycles. The number of aliphatic hydroxyl groups is 2. The molecule has 8 nitrogen and oxygen atoms in total. The predicted molar refractivity (Wildman–Crippen MR) is 236 cm³/mol. The van der Waals surface area contributed by atoms with Gasteiger partial charge >= 0.3 is 12.4 Å². The minimum absolute atomic E-state index is 0.101. The number of fused-ring (bicyclic) bond motifs is 2. The van der Waals surface area contributed by atoms with Gasteiger partial charge in [-0.25, -0.2) is 0 Å². The second kappa shape index (κ2) is 21.8. The maximum absolute atomic E-state index is 13.4. The molecule has 2 saturated heterocycles. The van der Waals surface area contributed by atoms with Gasteiger partial charge in [0.2, 0.25) is 0 Å². The van der Waals surface area contributed by atoms with E-state index in [0.717, 1.165) is 83.8 Å². The Hall–Kier alpha value is -4.32. The van der Waals surface area contributed by atoms with Gasteiger partial charge in [-0.1, -0.05) is 60.7 Å². The van der Waals surface area contributed by atoms with Crippen molar-refractivity contribution in [2.75, 3.05) is 78.9 Å². The van der Waals surface area contributed by atoms with E-state index in [1.807, 2.05) is 62.4 Å². The molecule has 0 spiro atoms. The molecule has 4 aromatic carbocycles. The van der Waals surface area contributed by atoms with Gasteiger partial charge in [0.15, 0.2) is 0 Å². The second-order valence-corrected chi connectivity index (χ2v) is 18.3. The van der Waals surface area contributed by atoms with Crippen molar-refractivity contribution in [3.05, 3.63) is 129 Å². The van der Waals surface area contributed by atoms with E-state index in [9.17, 15) is 45.3 Å². The Kier molecular flexibility index (Phi) is 16.3. The first kappa shape index (κ1) is 49.6. The Balaban J connectivity index is 0.000000196. The van der Waals surface area contributed by atoms with Crippen LogP contribution < -0.4 is 9.47 Å². The molecule has 66 heavy (non-hydrogen) atoms. The largest absolute Gasteiger partial charge is 0.492 e. The third-order valence-electron chi connectivity index (χ3n) is 13.2. The summed E-state index contributed by atoms with van der Waals surface area (Å²) in [5.74, 6) is 1.59. The Bertz CT molecular complexity index is 2010. The number of ether oxygens (including phenoxy) is 2. The molecule has 4 aliphatic heterocycles. The van der Waals surface area contributed by atoms with Crippen molar-refractivity contribution in [2.45, 2.75) is 76.4 Å². The van der Waals surface area contributed by atoms with E-state index in [1.165, 1.54) is 9.80 Å². The Morgan fingerprint density at radius 3 is 1.23 bits per heavy atom. The number of alkyl halides is 8. The summed E-state index contributed by atoms with van der Waals surface area (Å²) in [7, 11) is 0. The van der Waals surface area contributed by atoms with Gasteiger partial charge < -0.3 is 19.7 Å². The molecule has 0 aromatic heterocycles. The molecule has 0 bridgehead atoms. The number of hydrogen-bond donors (Lipinski definition) is 2. The van der Waals surface area contributed by atoms with Gasteiger partial charge in [0.05, 0.1) is 51.7 Å². The fraction of sp³-hybridized carbons (Fsp3) is 0.520. The van der Waals surface area contributed by atoms with Gasteiger partial charge in [0, 0.05) is 63.2 Å². The first-order chi connectivity index (χ1) is 31.5. The van der Waals surface area contributed by atoms with Crippen LogP contribution in [0.15, 0.2) is 84.9 Å². The molecule has 16 heteroatoms. The third-order valence-corrected chi connectivity index (χ3v) is 13.2. The monoisotopic (exact) mass is 932 g/mol. The zero-order valence-corrected chi connectivity index (χ0v) is 37.4. The van der Waals surface area contributed by atoms with Crippen LogP contribution in [0.5, 0.6) is 11.5 Å². The SMILES string of the molecule is C[C@@H]1Cc2cc(CO)ccc2[C@@H](c2ccc(OCCN3CC(CF)C3)cc2)N1CC(F)(F)F.C[C@H]1Cc2cc(CO)ccc2[C@H](c2ccc(OCCN3CC(CF)C3)cc2)N1CC(F)(F)F. The smallest absolute Gasteiger partial charge is 0.401 e. The van der Waals surface area contributed by atoms with Crippen LogP contribution in [0.25, 0.3) is 0 Å². The standard InChI is InChI=1S/2C25H30F4N2O2/c2*1-17-10-21-11-18(15-32)2-7-23(21)24(31(17)16-25(27,28)29)20-3-5-22(6-4-20)33-9-8-30-13-19(12-26)14-30/h2*2-7,11,17,19,24,32H,8-10,12-16H2,1H3/t2*17-,24-/m10/s1. The van der Waals surface area contributed by atoms with Gasteiger partial charge in [-0.3, -0.25) is 28.4 Å². The van der Waals surface area contributed by atoms with E-state index in [0.29, 0.717) is 37.6 Å².